The van der Waals surface area contributed by atoms with Crippen molar-refractivity contribution in [2.24, 2.45) is 0 Å². The Labute approximate surface area is 204 Å². The van der Waals surface area contributed by atoms with Gasteiger partial charge in [-0.25, -0.2) is 18.4 Å². The van der Waals surface area contributed by atoms with E-state index in [9.17, 15) is 18.3 Å². The van der Waals surface area contributed by atoms with Crippen molar-refractivity contribution in [1.82, 2.24) is 14.5 Å². The second-order valence-corrected chi connectivity index (χ2v) is 11.0. The van der Waals surface area contributed by atoms with E-state index in [1.807, 2.05) is 10.8 Å². The Bertz CT molecular complexity index is 1390. The van der Waals surface area contributed by atoms with Crippen LogP contribution in [0.25, 0.3) is 16.7 Å². The second kappa shape index (κ2) is 9.38. The number of thioether (sulfide) groups is 1. The van der Waals surface area contributed by atoms with Crippen molar-refractivity contribution in [3.05, 3.63) is 65.1 Å². The molecule has 2 heterocycles. The molecule has 4 rings (SSSR count). The van der Waals surface area contributed by atoms with Crippen molar-refractivity contribution >= 4 is 67.5 Å². The van der Waals surface area contributed by atoms with Crippen LogP contribution in [-0.2, 0) is 14.8 Å². The fourth-order valence-corrected chi connectivity index (χ4v) is 6.35. The number of fused-ring (bicyclic) bond motifs is 1. The first-order chi connectivity index (χ1) is 15.7. The third-order valence-corrected chi connectivity index (χ3v) is 8.19. The molecule has 2 aromatic heterocycles. The number of anilines is 1. The molecule has 0 radical (unpaired) electrons. The van der Waals surface area contributed by atoms with Crippen LogP contribution in [0.3, 0.4) is 0 Å². The van der Waals surface area contributed by atoms with Crippen LogP contribution in [0, 0.1) is 0 Å². The molecular weight excluding hydrogens is 507 g/mol. The lowest BCUT2D eigenvalue weighted by Gasteiger charge is -2.28. The minimum Gasteiger partial charge on any atom is -0.480 e. The Morgan fingerprint density at radius 2 is 2.06 bits per heavy atom. The number of aliphatic carboxylic acids is 1. The first-order valence-corrected chi connectivity index (χ1v) is 13.1. The Hall–Kier alpha value is -2.53. The molecule has 0 amide bonds. The van der Waals surface area contributed by atoms with Gasteiger partial charge in [0.1, 0.15) is 16.8 Å². The largest absolute Gasteiger partial charge is 0.480 e. The van der Waals surface area contributed by atoms with Gasteiger partial charge in [0.25, 0.3) is 0 Å². The number of hydrogen-bond donors (Lipinski definition) is 1. The SMILES string of the molecule is CSc1cnc(-n2ccc3cc(N(CC(=O)O)S(=O)(=O)C4C=C(Cl)C=C(Cl)C4)ccc32)cn1. The molecule has 33 heavy (non-hydrogen) atoms. The summed E-state index contributed by atoms with van der Waals surface area (Å²) in [7, 11) is -4.12. The number of hydrogen-bond acceptors (Lipinski definition) is 6. The molecule has 1 aliphatic carbocycles. The summed E-state index contributed by atoms with van der Waals surface area (Å²) < 4.78 is 29.5. The quantitative estimate of drug-likeness (QED) is 0.457. The lowest BCUT2D eigenvalue weighted by atomic mass is 10.2. The van der Waals surface area contributed by atoms with E-state index in [4.69, 9.17) is 23.2 Å². The summed E-state index contributed by atoms with van der Waals surface area (Å²) in [5.74, 6) is -0.679. The number of benzene rings is 1. The predicted octanol–water partition coefficient (Wildman–Crippen LogP) is 4.38. The molecule has 0 spiro atoms. The smallest absolute Gasteiger partial charge is 0.324 e. The molecule has 1 aromatic carbocycles. The van der Waals surface area contributed by atoms with E-state index in [1.165, 1.54) is 23.9 Å². The van der Waals surface area contributed by atoms with Crippen LogP contribution in [0.2, 0.25) is 0 Å². The molecule has 0 saturated carbocycles. The molecular formula is C21H18Cl2N4O4S2. The minimum absolute atomic E-state index is 0.0135. The molecule has 0 aliphatic heterocycles. The van der Waals surface area contributed by atoms with Crippen LogP contribution in [-0.4, -0.2) is 52.1 Å². The van der Waals surface area contributed by atoms with Crippen LogP contribution in [0.5, 0.6) is 0 Å². The van der Waals surface area contributed by atoms with E-state index in [0.29, 0.717) is 11.2 Å². The average molecular weight is 525 g/mol. The van der Waals surface area contributed by atoms with E-state index >= 15 is 0 Å². The molecule has 1 atom stereocenters. The maximum atomic E-state index is 13.4. The molecule has 0 saturated heterocycles. The van der Waals surface area contributed by atoms with Crippen molar-refractivity contribution in [2.45, 2.75) is 16.7 Å². The van der Waals surface area contributed by atoms with E-state index < -0.39 is 27.8 Å². The first-order valence-electron chi connectivity index (χ1n) is 9.63. The molecule has 8 nitrogen and oxygen atoms in total. The molecule has 1 N–H and O–H groups in total. The van der Waals surface area contributed by atoms with E-state index in [-0.39, 0.29) is 22.2 Å². The van der Waals surface area contributed by atoms with Crippen molar-refractivity contribution in [1.29, 1.82) is 0 Å². The number of allylic oxidation sites excluding steroid dienone is 3. The Morgan fingerprint density at radius 3 is 2.70 bits per heavy atom. The van der Waals surface area contributed by atoms with Crippen LogP contribution in [0.1, 0.15) is 6.42 Å². The third kappa shape index (κ3) is 4.89. The van der Waals surface area contributed by atoms with Crippen molar-refractivity contribution in [3.8, 4) is 5.82 Å². The molecule has 1 aliphatic rings. The number of sulfonamides is 1. The number of carboxylic acid groups (broad SMARTS) is 1. The van der Waals surface area contributed by atoms with Gasteiger partial charge in [0.05, 0.1) is 23.6 Å². The summed E-state index contributed by atoms with van der Waals surface area (Å²) in [4.78, 5) is 20.3. The number of aromatic nitrogens is 3. The van der Waals surface area contributed by atoms with Gasteiger partial charge < -0.3 is 5.11 Å². The molecule has 172 valence electrons. The Balaban J connectivity index is 1.74. The minimum atomic E-state index is -4.12. The molecule has 12 heteroatoms. The van der Waals surface area contributed by atoms with Crippen LogP contribution >= 0.6 is 35.0 Å². The van der Waals surface area contributed by atoms with E-state index in [2.05, 4.69) is 9.97 Å². The highest BCUT2D eigenvalue weighted by atomic mass is 35.5. The number of carboxylic acids is 1. The van der Waals surface area contributed by atoms with E-state index in [1.54, 1.807) is 42.9 Å². The average Bonchev–Trinajstić information content (AvgIpc) is 3.20. The zero-order valence-electron chi connectivity index (χ0n) is 17.2. The third-order valence-electron chi connectivity index (χ3n) is 5.04. The fraction of sp³-hybridized carbons (Fsp3) is 0.190. The Morgan fingerprint density at radius 1 is 1.27 bits per heavy atom. The highest BCUT2D eigenvalue weighted by Gasteiger charge is 2.34. The van der Waals surface area contributed by atoms with Gasteiger partial charge in [-0.15, -0.1) is 11.8 Å². The maximum absolute atomic E-state index is 13.4. The zero-order valence-corrected chi connectivity index (χ0v) is 20.4. The fourth-order valence-electron chi connectivity index (χ4n) is 3.52. The summed E-state index contributed by atoms with van der Waals surface area (Å²) in [6.07, 6.45) is 9.87. The monoisotopic (exact) mass is 524 g/mol. The number of nitrogens with zero attached hydrogens (tertiary/aromatic N) is 4. The van der Waals surface area contributed by atoms with Gasteiger partial charge >= 0.3 is 5.97 Å². The lowest BCUT2D eigenvalue weighted by Crippen LogP contribution is -2.41. The van der Waals surface area contributed by atoms with Gasteiger partial charge in [0.2, 0.25) is 10.0 Å². The standard InChI is InChI=1S/C21H18Cl2N4O4S2/c1-32-20-11-24-19(10-25-20)26-5-4-13-6-16(2-3-18(13)26)27(12-21(28)29)33(30,31)17-8-14(22)7-15(23)9-17/h2-8,10-11,17H,9,12H2,1H3,(H,28,29). The van der Waals surface area contributed by atoms with Gasteiger partial charge in [-0.3, -0.25) is 13.7 Å². The normalized spacial score (nSPS) is 16.4. The zero-order chi connectivity index (χ0) is 23.8. The molecule has 3 aromatic rings. The highest BCUT2D eigenvalue weighted by molar-refractivity contribution is 7.98. The van der Waals surface area contributed by atoms with Crippen LogP contribution < -0.4 is 4.31 Å². The Kier molecular flexibility index (Phi) is 6.71. The molecule has 0 bridgehead atoms. The van der Waals surface area contributed by atoms with Gasteiger partial charge in [0, 0.05) is 28.1 Å². The van der Waals surface area contributed by atoms with E-state index in [0.717, 1.165) is 14.8 Å². The van der Waals surface area contributed by atoms with Gasteiger partial charge in [-0.05, 0) is 42.7 Å². The molecule has 0 fully saturated rings. The van der Waals surface area contributed by atoms with Crippen molar-refractivity contribution in [2.75, 3.05) is 17.1 Å². The topological polar surface area (TPSA) is 105 Å². The first kappa shape index (κ1) is 23.6. The summed E-state index contributed by atoms with van der Waals surface area (Å²) in [6.45, 7) is -0.737. The number of rotatable bonds is 7. The summed E-state index contributed by atoms with van der Waals surface area (Å²) >= 11 is 13.5. The van der Waals surface area contributed by atoms with Gasteiger partial charge in [-0.2, -0.15) is 0 Å². The van der Waals surface area contributed by atoms with Crippen molar-refractivity contribution in [3.63, 3.8) is 0 Å². The lowest BCUT2D eigenvalue weighted by molar-refractivity contribution is -0.135. The van der Waals surface area contributed by atoms with Gasteiger partial charge in [-0.1, -0.05) is 23.2 Å². The predicted molar refractivity (Wildman–Crippen MR) is 131 cm³/mol. The highest BCUT2D eigenvalue weighted by Crippen LogP contribution is 2.32. The van der Waals surface area contributed by atoms with Crippen LogP contribution in [0.15, 0.2) is 70.1 Å². The summed E-state index contributed by atoms with van der Waals surface area (Å²) in [6, 6.07) is 6.71. The van der Waals surface area contributed by atoms with Crippen LogP contribution in [0.4, 0.5) is 5.69 Å². The summed E-state index contributed by atoms with van der Waals surface area (Å²) in [5.41, 5.74) is 0.992. The molecule has 1 unspecified atom stereocenters. The second-order valence-electron chi connectivity index (χ2n) is 7.18. The maximum Gasteiger partial charge on any atom is 0.324 e. The number of carbonyl (C=O) groups is 1. The van der Waals surface area contributed by atoms with Crippen molar-refractivity contribution < 1.29 is 18.3 Å². The van der Waals surface area contributed by atoms with Gasteiger partial charge in [0.15, 0.2) is 5.82 Å². The summed E-state index contributed by atoms with van der Waals surface area (Å²) in [5, 5.41) is 10.3. The number of halogens is 2.